The van der Waals surface area contributed by atoms with E-state index in [1.54, 1.807) is 30.3 Å². The number of benzene rings is 1. The van der Waals surface area contributed by atoms with Crippen molar-refractivity contribution in [2.24, 2.45) is 0 Å². The first-order valence-corrected chi connectivity index (χ1v) is 8.30. The van der Waals surface area contributed by atoms with Gasteiger partial charge in [0.05, 0.1) is 4.90 Å². The number of nitrogens with one attached hydrogen (secondary N) is 1. The molecule has 2 aromatic rings. The lowest BCUT2D eigenvalue weighted by molar-refractivity contribution is 0.601. The normalized spacial score (nSPS) is 15.1. The molecule has 0 radical (unpaired) electrons. The van der Waals surface area contributed by atoms with Gasteiger partial charge in [-0.05, 0) is 37.1 Å². The molecule has 0 saturated carbocycles. The molecular formula is C14H16N4O2S. The van der Waals surface area contributed by atoms with Crippen LogP contribution in [0.3, 0.4) is 0 Å². The van der Waals surface area contributed by atoms with E-state index in [-0.39, 0.29) is 10.7 Å². The molecule has 2 heterocycles. The number of rotatable bonds is 4. The highest BCUT2D eigenvalue weighted by Gasteiger charge is 2.16. The third-order valence-corrected chi connectivity index (χ3v) is 4.74. The predicted molar refractivity (Wildman–Crippen MR) is 80.7 cm³/mol. The quantitative estimate of drug-likeness (QED) is 0.933. The second kappa shape index (κ2) is 5.69. The maximum atomic E-state index is 12.2. The summed E-state index contributed by atoms with van der Waals surface area (Å²) < 4.78 is 26.7. The Bertz CT molecular complexity index is 696. The van der Waals surface area contributed by atoms with Crippen molar-refractivity contribution in [3.8, 4) is 0 Å². The third kappa shape index (κ3) is 3.13. The molecule has 0 bridgehead atoms. The Morgan fingerprint density at radius 2 is 1.67 bits per heavy atom. The Morgan fingerprint density at radius 1 is 0.952 bits per heavy atom. The minimum Gasteiger partial charge on any atom is -0.355 e. The summed E-state index contributed by atoms with van der Waals surface area (Å²) in [5.74, 6) is 1.01. The summed E-state index contributed by atoms with van der Waals surface area (Å²) in [4.78, 5) is 2.35. The number of sulfonamides is 1. The highest BCUT2D eigenvalue weighted by Crippen LogP contribution is 2.19. The van der Waals surface area contributed by atoms with Crippen LogP contribution < -0.4 is 9.62 Å². The highest BCUT2D eigenvalue weighted by molar-refractivity contribution is 7.92. The zero-order valence-electron chi connectivity index (χ0n) is 11.4. The Labute approximate surface area is 123 Å². The van der Waals surface area contributed by atoms with E-state index in [0.717, 1.165) is 31.7 Å². The van der Waals surface area contributed by atoms with E-state index in [4.69, 9.17) is 0 Å². The molecule has 1 fully saturated rings. The number of hydrogen-bond donors (Lipinski definition) is 1. The van der Waals surface area contributed by atoms with Gasteiger partial charge in [0.1, 0.15) is 0 Å². The number of nitrogens with zero attached hydrogens (tertiary/aromatic N) is 3. The van der Waals surface area contributed by atoms with Crippen molar-refractivity contribution >= 4 is 21.7 Å². The van der Waals surface area contributed by atoms with E-state index in [1.165, 1.54) is 12.1 Å². The smallest absolute Gasteiger partial charge is 0.263 e. The molecule has 1 aliphatic rings. The molecule has 0 spiro atoms. The molecule has 1 saturated heterocycles. The van der Waals surface area contributed by atoms with Crippen molar-refractivity contribution in [3.05, 3.63) is 42.5 Å². The van der Waals surface area contributed by atoms with Crippen LogP contribution in [-0.2, 0) is 10.0 Å². The van der Waals surface area contributed by atoms with Gasteiger partial charge in [-0.25, -0.2) is 8.42 Å². The van der Waals surface area contributed by atoms with Crippen molar-refractivity contribution < 1.29 is 8.42 Å². The van der Waals surface area contributed by atoms with Gasteiger partial charge >= 0.3 is 0 Å². The SMILES string of the molecule is O=S(=O)(Nc1ccc(N2CCCC2)nn1)c1ccccc1. The average molecular weight is 304 g/mol. The van der Waals surface area contributed by atoms with Gasteiger partial charge < -0.3 is 4.90 Å². The van der Waals surface area contributed by atoms with Gasteiger partial charge in [-0.1, -0.05) is 18.2 Å². The van der Waals surface area contributed by atoms with E-state index in [2.05, 4.69) is 19.8 Å². The minimum atomic E-state index is -3.61. The molecule has 3 rings (SSSR count). The molecule has 110 valence electrons. The molecule has 0 atom stereocenters. The van der Waals surface area contributed by atoms with Crippen LogP contribution in [0.4, 0.5) is 11.6 Å². The first kappa shape index (κ1) is 13.8. The zero-order chi connectivity index (χ0) is 14.7. The molecule has 1 N–H and O–H groups in total. The Balaban J connectivity index is 1.76. The second-order valence-electron chi connectivity index (χ2n) is 4.89. The lowest BCUT2D eigenvalue weighted by atomic mass is 10.4. The molecule has 1 aromatic carbocycles. The molecule has 0 aliphatic carbocycles. The van der Waals surface area contributed by atoms with Gasteiger partial charge in [0, 0.05) is 13.1 Å². The van der Waals surface area contributed by atoms with Crippen molar-refractivity contribution in [1.29, 1.82) is 0 Å². The van der Waals surface area contributed by atoms with Crippen LogP contribution in [0.15, 0.2) is 47.4 Å². The standard InChI is InChI=1S/C14H16N4O2S/c19-21(20,12-6-2-1-3-7-12)17-13-8-9-14(16-15-13)18-10-4-5-11-18/h1-3,6-9H,4-5,10-11H2,(H,15,17). The van der Waals surface area contributed by atoms with Crippen molar-refractivity contribution in [2.45, 2.75) is 17.7 Å². The summed E-state index contributed by atoms with van der Waals surface area (Å²) in [5.41, 5.74) is 0. The second-order valence-corrected chi connectivity index (χ2v) is 6.57. The minimum absolute atomic E-state index is 0.204. The van der Waals surface area contributed by atoms with Gasteiger partial charge in [0.15, 0.2) is 11.6 Å². The molecule has 0 unspecified atom stereocenters. The molecular weight excluding hydrogens is 288 g/mol. The average Bonchev–Trinajstić information content (AvgIpc) is 3.03. The zero-order valence-corrected chi connectivity index (χ0v) is 12.3. The van der Waals surface area contributed by atoms with Crippen molar-refractivity contribution in [2.75, 3.05) is 22.7 Å². The van der Waals surface area contributed by atoms with Gasteiger partial charge in [0.25, 0.3) is 10.0 Å². The van der Waals surface area contributed by atoms with E-state index >= 15 is 0 Å². The monoisotopic (exact) mass is 304 g/mol. The molecule has 6 nitrogen and oxygen atoms in total. The van der Waals surface area contributed by atoms with Crippen LogP contribution in [-0.4, -0.2) is 31.7 Å². The topological polar surface area (TPSA) is 75.2 Å². The highest BCUT2D eigenvalue weighted by atomic mass is 32.2. The summed E-state index contributed by atoms with van der Waals surface area (Å²) in [6, 6.07) is 11.6. The maximum absolute atomic E-state index is 12.2. The van der Waals surface area contributed by atoms with Crippen LogP contribution in [0.1, 0.15) is 12.8 Å². The van der Waals surface area contributed by atoms with E-state index in [9.17, 15) is 8.42 Å². The third-order valence-electron chi connectivity index (χ3n) is 3.37. The lowest BCUT2D eigenvalue weighted by Crippen LogP contribution is -2.20. The largest absolute Gasteiger partial charge is 0.355 e. The first-order valence-electron chi connectivity index (χ1n) is 6.82. The summed E-state index contributed by atoms with van der Waals surface area (Å²) in [7, 11) is -3.61. The van der Waals surface area contributed by atoms with Gasteiger partial charge in [-0.3, -0.25) is 4.72 Å². The Kier molecular flexibility index (Phi) is 3.74. The van der Waals surface area contributed by atoms with Gasteiger partial charge in [-0.15, -0.1) is 10.2 Å². The Morgan fingerprint density at radius 3 is 2.29 bits per heavy atom. The summed E-state index contributed by atoms with van der Waals surface area (Å²) >= 11 is 0. The molecule has 1 aromatic heterocycles. The van der Waals surface area contributed by atoms with Gasteiger partial charge in [0.2, 0.25) is 0 Å². The molecule has 7 heteroatoms. The number of aromatic nitrogens is 2. The fraction of sp³-hybridized carbons (Fsp3) is 0.286. The van der Waals surface area contributed by atoms with E-state index in [0.29, 0.717) is 0 Å². The number of hydrogen-bond acceptors (Lipinski definition) is 5. The van der Waals surface area contributed by atoms with Crippen LogP contribution in [0.5, 0.6) is 0 Å². The molecule has 0 amide bonds. The van der Waals surface area contributed by atoms with Crippen molar-refractivity contribution in [3.63, 3.8) is 0 Å². The Hall–Kier alpha value is -2.15. The van der Waals surface area contributed by atoms with Crippen LogP contribution >= 0.6 is 0 Å². The fourth-order valence-corrected chi connectivity index (χ4v) is 3.31. The molecule has 1 aliphatic heterocycles. The van der Waals surface area contributed by atoms with Crippen LogP contribution in [0.2, 0.25) is 0 Å². The summed E-state index contributed by atoms with van der Waals surface area (Å²) in [6.07, 6.45) is 2.31. The predicted octanol–water partition coefficient (Wildman–Crippen LogP) is 1.88. The molecule has 21 heavy (non-hydrogen) atoms. The van der Waals surface area contributed by atoms with E-state index in [1.807, 2.05) is 0 Å². The van der Waals surface area contributed by atoms with Crippen LogP contribution in [0.25, 0.3) is 0 Å². The fourth-order valence-electron chi connectivity index (χ4n) is 2.29. The summed E-state index contributed by atoms with van der Waals surface area (Å²) in [5, 5.41) is 8.04. The first-order chi connectivity index (χ1) is 10.1. The van der Waals surface area contributed by atoms with E-state index < -0.39 is 10.0 Å². The van der Waals surface area contributed by atoms with Crippen molar-refractivity contribution in [1.82, 2.24) is 10.2 Å². The van der Waals surface area contributed by atoms with Gasteiger partial charge in [-0.2, -0.15) is 0 Å². The van der Waals surface area contributed by atoms with Crippen LogP contribution in [0, 0.1) is 0 Å². The lowest BCUT2D eigenvalue weighted by Gasteiger charge is -2.15. The number of anilines is 2. The maximum Gasteiger partial charge on any atom is 0.263 e. The summed E-state index contributed by atoms with van der Waals surface area (Å²) in [6.45, 7) is 1.95.